The molecule has 0 aromatic carbocycles. The third-order valence-electron chi connectivity index (χ3n) is 0. The molecule has 48 valence electrons. The van der Waals surface area contributed by atoms with Crippen molar-refractivity contribution in [3.8, 4) is 0 Å². The van der Waals surface area contributed by atoms with Gasteiger partial charge in [-0.1, -0.05) is 0 Å². The molecule has 0 aromatic heterocycles. The fourth-order valence-corrected chi connectivity index (χ4v) is 0. The Morgan fingerprint density at radius 2 is 0.556 bits per heavy atom. The fraction of sp³-hybridized carbons (Fsp3) is 0. The summed E-state index contributed by atoms with van der Waals surface area (Å²) in [7, 11) is 0. The summed E-state index contributed by atoms with van der Waals surface area (Å²) >= 11 is -11.4. The normalized spacial score (nSPS) is 18.0. The molecule has 0 rings (SSSR count). The van der Waals surface area contributed by atoms with Crippen LogP contribution in [0.4, 0.5) is 16.0 Å². The molecule has 0 spiro atoms. The number of hydrogen-bond acceptors (Lipinski definition) is 0. The molecular weight excluding hydrogens is 306 g/mol. The fourth-order valence-electron chi connectivity index (χ4n) is 0. The van der Waals surface area contributed by atoms with Gasteiger partial charge in [-0.05, 0) is 0 Å². The smallest absolute Gasteiger partial charge is 1.00 e. The topological polar surface area (TPSA) is 0 Å². The zero-order chi connectivity index (χ0) is 6.41. The van der Waals surface area contributed by atoms with Crippen LogP contribution in [0.2, 0.25) is 0 Å². The molecule has 0 aliphatic heterocycles. The van der Waals surface area contributed by atoms with Crippen molar-refractivity contribution < 1.29 is 74.4 Å². The molecule has 0 aromatic rings. The van der Waals surface area contributed by atoms with Crippen molar-refractivity contribution in [3.63, 3.8) is 0 Å². The summed E-state index contributed by atoms with van der Waals surface area (Å²) in [4.78, 5) is 0. The van der Waals surface area contributed by atoms with E-state index in [1.807, 2.05) is 0 Å². The van der Waals surface area contributed by atoms with Crippen LogP contribution in [-0.4, -0.2) is 0 Å². The molecule has 0 radical (unpaired) electrons. The Morgan fingerprint density at radius 3 is 0.556 bits per heavy atom. The molecule has 9 heavy (non-hydrogen) atoms. The molecule has 9 heteroatoms. The molecular formula is F6HfLi2. The van der Waals surface area contributed by atoms with Gasteiger partial charge in [0, 0.05) is 0 Å². The van der Waals surface area contributed by atoms with Crippen molar-refractivity contribution in [1.29, 1.82) is 0 Å². The van der Waals surface area contributed by atoms with Gasteiger partial charge in [0.15, 0.2) is 0 Å². The average molecular weight is 306 g/mol. The van der Waals surface area contributed by atoms with E-state index >= 15 is 0 Å². The maximum atomic E-state index is 9.94. The zero-order valence-electron chi connectivity index (χ0n) is 4.77. The molecule has 0 aliphatic carbocycles. The van der Waals surface area contributed by atoms with Crippen LogP contribution in [0.1, 0.15) is 0 Å². The van der Waals surface area contributed by atoms with Crippen LogP contribution in [0, 0.1) is 0 Å². The van der Waals surface area contributed by atoms with Gasteiger partial charge in [-0.15, -0.1) is 0 Å². The average Bonchev–Trinajstić information content (AvgIpc) is 0.592. The van der Waals surface area contributed by atoms with Crippen LogP contribution in [0.3, 0.4) is 0 Å². The minimum Gasteiger partial charge on any atom is 1.00 e. The third kappa shape index (κ3) is 208. The Balaban J connectivity index is -0.000000180. The van der Waals surface area contributed by atoms with Gasteiger partial charge < -0.3 is 0 Å². The largest absolute Gasteiger partial charge is 1.00 e. The molecule has 0 nitrogen and oxygen atoms in total. The van der Waals surface area contributed by atoms with Crippen molar-refractivity contribution >= 4 is 0 Å². The molecule has 0 saturated heterocycles. The molecule has 0 bridgehead atoms. The predicted octanol–water partition coefficient (Wildman–Crippen LogP) is -3.47. The predicted molar refractivity (Wildman–Crippen MR) is 6.65 cm³/mol. The minimum absolute atomic E-state index is 0. The van der Waals surface area contributed by atoms with E-state index in [2.05, 4.69) is 0 Å². The molecule has 0 heterocycles. The van der Waals surface area contributed by atoms with Gasteiger partial charge in [-0.2, -0.15) is 0 Å². The van der Waals surface area contributed by atoms with E-state index in [9.17, 15) is 16.0 Å². The molecule has 0 saturated carbocycles. The van der Waals surface area contributed by atoms with Crippen LogP contribution < -0.4 is 37.7 Å². The molecule has 0 fully saturated rings. The van der Waals surface area contributed by atoms with Gasteiger partial charge in [0.05, 0.1) is 0 Å². The first kappa shape index (κ1) is 16.9. The van der Waals surface area contributed by atoms with Gasteiger partial charge in [-0.25, -0.2) is 0 Å². The molecule has 0 unspecified atom stereocenters. The maximum Gasteiger partial charge on any atom is 1.00 e. The van der Waals surface area contributed by atoms with Crippen molar-refractivity contribution in [2.24, 2.45) is 0 Å². The van der Waals surface area contributed by atoms with Crippen LogP contribution in [-0.2, 0) is 20.7 Å². The van der Waals surface area contributed by atoms with Gasteiger partial charge in [0.25, 0.3) is 0 Å². The van der Waals surface area contributed by atoms with Crippen molar-refractivity contribution in [1.82, 2.24) is 0 Å². The van der Waals surface area contributed by atoms with E-state index in [0.29, 0.717) is 0 Å². The summed E-state index contributed by atoms with van der Waals surface area (Å²) in [5, 5.41) is 0. The first-order valence-corrected chi connectivity index (χ1v) is 9.28. The molecule has 0 N–H and O–H groups in total. The van der Waals surface area contributed by atoms with Gasteiger partial charge in [0.1, 0.15) is 0 Å². The van der Waals surface area contributed by atoms with Crippen molar-refractivity contribution in [2.45, 2.75) is 0 Å². The number of rotatable bonds is 0. The third-order valence-corrected chi connectivity index (χ3v) is 0. The zero-order valence-corrected chi connectivity index (χ0v) is 8.36. The van der Waals surface area contributed by atoms with E-state index in [1.165, 1.54) is 0 Å². The monoisotopic (exact) mass is 308 g/mol. The standard InChI is InChI=1S/6FH.Hf.2Li/h6*1H;;;/q;;;;;;+4;2*+1/p-6. The van der Waals surface area contributed by atoms with Crippen LogP contribution >= 0.6 is 0 Å². The van der Waals surface area contributed by atoms with Gasteiger partial charge in [-0.3, -0.25) is 0 Å². The summed E-state index contributed by atoms with van der Waals surface area (Å²) in [6.45, 7) is 0. The van der Waals surface area contributed by atoms with Gasteiger partial charge >= 0.3 is 74.4 Å². The second-order valence-corrected chi connectivity index (χ2v) is 8.77. The summed E-state index contributed by atoms with van der Waals surface area (Å²) in [6.07, 6.45) is 0. The summed E-state index contributed by atoms with van der Waals surface area (Å²) in [5.41, 5.74) is 0. The number of hydrogen-bond donors (Lipinski definition) is 0. The summed E-state index contributed by atoms with van der Waals surface area (Å²) in [5.74, 6) is 0. The van der Waals surface area contributed by atoms with E-state index < -0.39 is 20.7 Å². The van der Waals surface area contributed by atoms with Gasteiger partial charge in [0.2, 0.25) is 0 Å². The van der Waals surface area contributed by atoms with Crippen LogP contribution in [0.15, 0.2) is 0 Å². The first-order chi connectivity index (χ1) is 2.45. The summed E-state index contributed by atoms with van der Waals surface area (Å²) < 4.78 is 59.6. The quantitative estimate of drug-likeness (QED) is 0.322. The Kier molecular flexibility index (Phi) is 4.90. The van der Waals surface area contributed by atoms with E-state index in [0.717, 1.165) is 0 Å². The Labute approximate surface area is 73.8 Å². The SMILES string of the molecule is [F][Hf-2]([F])([F])([F])([F])[F].[Li+].[Li+]. The Hall–Kier alpha value is 1.64. The number of halogens is 6. The minimum atomic E-state index is -11.4. The van der Waals surface area contributed by atoms with Crippen molar-refractivity contribution in [3.05, 3.63) is 0 Å². The first-order valence-electron chi connectivity index (χ1n) is 1.13. The van der Waals surface area contributed by atoms with Crippen LogP contribution in [0.5, 0.6) is 0 Å². The van der Waals surface area contributed by atoms with Crippen LogP contribution in [0.25, 0.3) is 0 Å². The molecule has 0 amide bonds. The molecule has 0 atom stereocenters. The van der Waals surface area contributed by atoms with E-state index in [1.54, 1.807) is 0 Å². The second-order valence-electron chi connectivity index (χ2n) is 1.07. The van der Waals surface area contributed by atoms with Crippen molar-refractivity contribution in [2.75, 3.05) is 0 Å². The second kappa shape index (κ2) is 2.60. The van der Waals surface area contributed by atoms with E-state index in [4.69, 9.17) is 0 Å². The molecule has 0 aliphatic rings. The maximum absolute atomic E-state index is 11.4. The Bertz CT molecular complexity index is 69.6. The Morgan fingerprint density at radius 1 is 0.556 bits per heavy atom. The summed E-state index contributed by atoms with van der Waals surface area (Å²) in [6, 6.07) is 0. The van der Waals surface area contributed by atoms with E-state index in [-0.39, 0.29) is 37.7 Å².